The molecule has 0 radical (unpaired) electrons. The maximum absolute atomic E-state index is 6.54. The van der Waals surface area contributed by atoms with Crippen LogP contribution >= 0.6 is 0 Å². The molecule has 0 saturated carbocycles. The fourth-order valence-corrected chi connectivity index (χ4v) is 10.4. The summed E-state index contributed by atoms with van der Waals surface area (Å²) < 4.78 is 12.4. The Hall–Kier alpha value is 0.571. The highest BCUT2D eigenvalue weighted by Gasteiger charge is 2.47. The minimum absolute atomic E-state index is 0.574. The van der Waals surface area contributed by atoms with Crippen molar-refractivity contribution >= 4 is 23.7 Å². The molecule has 0 aliphatic carbocycles. The molecule has 0 N–H and O–H groups in total. The Kier molecular flexibility index (Phi) is 7.38. The van der Waals surface area contributed by atoms with Crippen LogP contribution in [0.5, 0.6) is 0 Å². The van der Waals surface area contributed by atoms with Gasteiger partial charge in [0.2, 0.25) is 0 Å². The summed E-state index contributed by atoms with van der Waals surface area (Å²) in [4.78, 5) is 0. The van der Waals surface area contributed by atoms with E-state index in [-0.39, 0.29) is 0 Å². The first-order valence-electron chi connectivity index (χ1n) is 8.85. The summed E-state index contributed by atoms with van der Waals surface area (Å²) in [5.41, 5.74) is 0. The molecule has 126 valence electrons. The van der Waals surface area contributed by atoms with E-state index in [0.717, 1.165) is 6.61 Å². The number of hydrogen-bond acceptors (Lipinski definition) is 2. The molecule has 21 heavy (non-hydrogen) atoms. The Bertz CT molecular complexity index is 311. The third-order valence-corrected chi connectivity index (χ3v) is 22.8. The van der Waals surface area contributed by atoms with E-state index in [1.54, 1.807) is 0 Å². The van der Waals surface area contributed by atoms with Crippen molar-refractivity contribution in [2.24, 2.45) is 0 Å². The molecule has 2 nitrogen and oxygen atoms in total. The maximum Gasteiger partial charge on any atom is 0.183 e. The zero-order valence-corrected chi connectivity index (χ0v) is 18.6. The topological polar surface area (TPSA) is 18.5 Å². The first-order valence-corrected chi connectivity index (χ1v) is 19.4. The van der Waals surface area contributed by atoms with Gasteiger partial charge in [-0.05, 0) is 52.0 Å². The number of rotatable bonds is 8. The average Bonchev–Trinajstić information content (AvgIpc) is 2.31. The maximum atomic E-state index is 6.54. The molecule has 1 rings (SSSR count). The van der Waals surface area contributed by atoms with Crippen molar-refractivity contribution in [3.63, 3.8) is 0 Å². The Morgan fingerprint density at radius 2 is 1.62 bits per heavy atom. The molecule has 1 heterocycles. The Labute approximate surface area is 136 Å². The smallest absolute Gasteiger partial charge is 0.183 e. The van der Waals surface area contributed by atoms with Gasteiger partial charge in [-0.25, -0.2) is 0 Å². The molecular weight excluding hydrogens is 308 g/mol. The zero-order chi connectivity index (χ0) is 16.1. The molecule has 0 bridgehead atoms. The molecule has 0 spiro atoms. The summed E-state index contributed by atoms with van der Waals surface area (Å²) in [5.74, 6) is 0. The van der Waals surface area contributed by atoms with Crippen LogP contribution < -0.4 is 0 Å². The summed E-state index contributed by atoms with van der Waals surface area (Å²) in [6.45, 7) is 17.8. The first-order chi connectivity index (χ1) is 9.54. The fourth-order valence-electron chi connectivity index (χ4n) is 2.87. The van der Waals surface area contributed by atoms with Gasteiger partial charge in [0.25, 0.3) is 0 Å². The summed E-state index contributed by atoms with van der Waals surface area (Å²) in [6, 6.07) is 1.49. The van der Waals surface area contributed by atoms with Crippen LogP contribution in [0.4, 0.5) is 0 Å². The second-order valence-electron chi connectivity index (χ2n) is 8.84. The van der Waals surface area contributed by atoms with Gasteiger partial charge >= 0.3 is 0 Å². The van der Waals surface area contributed by atoms with E-state index < -0.39 is 23.7 Å². The second kappa shape index (κ2) is 7.90. The van der Waals surface area contributed by atoms with Crippen molar-refractivity contribution < 1.29 is 8.85 Å². The van der Waals surface area contributed by atoms with Crippen LogP contribution in [0.2, 0.25) is 51.9 Å². The van der Waals surface area contributed by atoms with Crippen molar-refractivity contribution in [2.45, 2.75) is 96.5 Å². The number of hydrogen-bond donors (Lipinski definition) is 0. The van der Waals surface area contributed by atoms with Crippen molar-refractivity contribution in [1.82, 2.24) is 0 Å². The van der Waals surface area contributed by atoms with Crippen LogP contribution in [0.3, 0.4) is 0 Å². The van der Waals surface area contributed by atoms with Crippen molar-refractivity contribution in [1.29, 1.82) is 0 Å². The molecule has 1 unspecified atom stereocenters. The Morgan fingerprint density at radius 1 is 1.00 bits per heavy atom. The summed E-state index contributed by atoms with van der Waals surface area (Å²) in [7, 11) is -3.69. The Balaban J connectivity index is 2.09. The summed E-state index contributed by atoms with van der Waals surface area (Å²) >= 11 is 0. The standard InChI is InChI=1S/C16H38O2Si3/c1-19(2,3)17-14-11-9-8-10-12-16-13-15-20(4,5)21(6,7)18-16/h16H,8-15H2,1-7H3. The van der Waals surface area contributed by atoms with E-state index in [9.17, 15) is 0 Å². The van der Waals surface area contributed by atoms with Gasteiger partial charge < -0.3 is 8.85 Å². The van der Waals surface area contributed by atoms with Crippen molar-refractivity contribution in [3.8, 4) is 0 Å². The van der Waals surface area contributed by atoms with Crippen LogP contribution in [0.15, 0.2) is 0 Å². The van der Waals surface area contributed by atoms with Gasteiger partial charge in [-0.1, -0.05) is 38.4 Å². The third kappa shape index (κ3) is 7.12. The predicted molar refractivity (Wildman–Crippen MR) is 102 cm³/mol. The van der Waals surface area contributed by atoms with E-state index >= 15 is 0 Å². The predicted octanol–water partition coefficient (Wildman–Crippen LogP) is 5.57. The molecule has 1 atom stereocenters. The van der Waals surface area contributed by atoms with Gasteiger partial charge in [0.15, 0.2) is 16.2 Å². The molecule has 1 aliphatic rings. The normalized spacial score (nSPS) is 25.0. The van der Waals surface area contributed by atoms with E-state index in [4.69, 9.17) is 8.85 Å². The van der Waals surface area contributed by atoms with Crippen LogP contribution in [0.1, 0.15) is 38.5 Å². The lowest BCUT2D eigenvalue weighted by atomic mass is 10.1. The highest BCUT2D eigenvalue weighted by molar-refractivity contribution is 7.38. The van der Waals surface area contributed by atoms with E-state index in [2.05, 4.69) is 45.8 Å². The van der Waals surface area contributed by atoms with Gasteiger partial charge in [0.1, 0.15) is 0 Å². The minimum Gasteiger partial charge on any atom is -0.418 e. The van der Waals surface area contributed by atoms with Gasteiger partial charge in [0, 0.05) is 12.7 Å². The molecule has 1 saturated heterocycles. The lowest BCUT2D eigenvalue weighted by Gasteiger charge is -2.45. The molecule has 5 heteroatoms. The van der Waals surface area contributed by atoms with Crippen molar-refractivity contribution in [3.05, 3.63) is 0 Å². The zero-order valence-electron chi connectivity index (χ0n) is 15.6. The molecule has 0 aromatic carbocycles. The van der Waals surface area contributed by atoms with Gasteiger partial charge in [0.05, 0.1) is 7.59 Å². The van der Waals surface area contributed by atoms with Gasteiger partial charge in [-0.3, -0.25) is 0 Å². The lowest BCUT2D eigenvalue weighted by Crippen LogP contribution is -2.61. The Morgan fingerprint density at radius 3 is 2.19 bits per heavy atom. The quantitative estimate of drug-likeness (QED) is 0.422. The van der Waals surface area contributed by atoms with Crippen LogP contribution in [0, 0.1) is 0 Å². The first kappa shape index (κ1) is 19.6. The number of unbranched alkanes of at least 4 members (excludes halogenated alkanes) is 3. The molecule has 0 aromatic rings. The SMILES string of the molecule is C[Si](C)(C)OCCCCCCC1CC[Si](C)(C)[Si](C)(C)O1. The fraction of sp³-hybridized carbons (Fsp3) is 1.00. The van der Waals surface area contributed by atoms with Gasteiger partial charge in [-0.15, -0.1) is 0 Å². The molecule has 1 fully saturated rings. The third-order valence-electron chi connectivity index (χ3n) is 5.14. The molecule has 1 aliphatic heterocycles. The summed E-state index contributed by atoms with van der Waals surface area (Å²) in [5, 5.41) is 0. The van der Waals surface area contributed by atoms with Crippen LogP contribution in [-0.4, -0.2) is 36.5 Å². The molecule has 0 amide bonds. The van der Waals surface area contributed by atoms with Crippen molar-refractivity contribution in [2.75, 3.05) is 6.61 Å². The second-order valence-corrected chi connectivity index (χ2v) is 28.5. The highest BCUT2D eigenvalue weighted by atomic mass is 29.3. The average molecular weight is 347 g/mol. The monoisotopic (exact) mass is 346 g/mol. The molecular formula is C16H38O2Si3. The highest BCUT2D eigenvalue weighted by Crippen LogP contribution is 2.35. The van der Waals surface area contributed by atoms with E-state index in [1.165, 1.54) is 44.6 Å². The largest absolute Gasteiger partial charge is 0.418 e. The molecule has 0 aromatic heterocycles. The van der Waals surface area contributed by atoms with E-state index in [1.807, 2.05) is 0 Å². The van der Waals surface area contributed by atoms with E-state index in [0.29, 0.717) is 6.10 Å². The van der Waals surface area contributed by atoms with Crippen LogP contribution in [-0.2, 0) is 8.85 Å². The van der Waals surface area contributed by atoms with Crippen LogP contribution in [0.25, 0.3) is 0 Å². The minimum atomic E-state index is -1.36. The lowest BCUT2D eigenvalue weighted by molar-refractivity contribution is 0.171. The van der Waals surface area contributed by atoms with Gasteiger partial charge in [-0.2, -0.15) is 0 Å². The summed E-state index contributed by atoms with van der Waals surface area (Å²) in [6.07, 6.45) is 8.42.